The third kappa shape index (κ3) is 14.1. The van der Waals surface area contributed by atoms with Crippen molar-refractivity contribution in [2.45, 2.75) is 39.4 Å². The van der Waals surface area contributed by atoms with E-state index < -0.39 is 11.9 Å². The average Bonchev–Trinajstić information content (AvgIpc) is 2.93. The van der Waals surface area contributed by atoms with Gasteiger partial charge >= 0.3 is 5.97 Å². The van der Waals surface area contributed by atoms with Crippen LogP contribution in [0.25, 0.3) is 6.08 Å². The minimum absolute atomic E-state index is 0.0793. The summed E-state index contributed by atoms with van der Waals surface area (Å²) < 4.78 is 16.0. The molecule has 0 radical (unpaired) electrons. The molecule has 1 aromatic carbocycles. The second-order valence-electron chi connectivity index (χ2n) is 8.98. The highest BCUT2D eigenvalue weighted by Gasteiger charge is 2.27. The fourth-order valence-corrected chi connectivity index (χ4v) is 3.80. The molecule has 8 nitrogen and oxygen atoms in total. The van der Waals surface area contributed by atoms with E-state index in [2.05, 4.69) is 41.4 Å². The fraction of sp³-hybridized carbons (Fsp3) is 0.387. The molecule has 212 valence electrons. The molecule has 2 N–H and O–H groups in total. The fourth-order valence-electron chi connectivity index (χ4n) is 3.80. The summed E-state index contributed by atoms with van der Waals surface area (Å²) in [7, 11) is 4.65. The summed E-state index contributed by atoms with van der Waals surface area (Å²) in [6.45, 7) is 5.85. The average molecular weight is 539 g/mol. The normalized spacial score (nSPS) is 15.5. The Kier molecular flexibility index (Phi) is 16.5. The first kappa shape index (κ1) is 33.3. The topological polar surface area (TPSA) is 103 Å². The molecule has 8 heteroatoms. The Morgan fingerprint density at radius 2 is 1.64 bits per heavy atom. The van der Waals surface area contributed by atoms with E-state index in [0.717, 1.165) is 11.1 Å². The van der Waals surface area contributed by atoms with Gasteiger partial charge in [-0.25, -0.2) is 0 Å². The number of amides is 2. The lowest BCUT2D eigenvalue weighted by Crippen LogP contribution is -2.35. The predicted octanol–water partition coefficient (Wildman–Crippen LogP) is 4.37. The van der Waals surface area contributed by atoms with E-state index in [0.29, 0.717) is 6.42 Å². The van der Waals surface area contributed by atoms with Gasteiger partial charge < -0.3 is 24.8 Å². The van der Waals surface area contributed by atoms with Gasteiger partial charge in [0.05, 0.1) is 19.3 Å². The number of carbonyl (C=O) groups is 3. The van der Waals surface area contributed by atoms with E-state index >= 15 is 0 Å². The van der Waals surface area contributed by atoms with Crippen LogP contribution in [-0.2, 0) is 28.6 Å². The van der Waals surface area contributed by atoms with Crippen molar-refractivity contribution in [3.05, 3.63) is 90.2 Å². The van der Waals surface area contributed by atoms with Gasteiger partial charge in [0.2, 0.25) is 11.8 Å². The Hall–Kier alpha value is -3.75. The van der Waals surface area contributed by atoms with Crippen LogP contribution >= 0.6 is 0 Å². The number of methoxy groups -OCH3 is 3. The smallest absolute Gasteiger partial charge is 0.325 e. The standard InChI is InChI=1S/C31H42N2O6/c1-23(21-29(35)32-20-12-8-11-15-28(34)33-22-30(36)38-5)16-17-24(2)31(39-6)25(3)27(37-4)19-18-26-13-9-7-10-14-26/h7,9-21,24-25,27,31H,8,22H2,1-6H3,(H,32,35)(H,33,34)/b15-11-,17-16+,19-18+,20-12-,23-21+/t24-,25-,27-,31+/m1/s1. The van der Waals surface area contributed by atoms with E-state index in [1.165, 1.54) is 25.5 Å². The van der Waals surface area contributed by atoms with E-state index in [9.17, 15) is 14.4 Å². The van der Waals surface area contributed by atoms with Gasteiger partial charge in [-0.3, -0.25) is 14.4 Å². The molecule has 4 atom stereocenters. The van der Waals surface area contributed by atoms with E-state index in [1.54, 1.807) is 26.4 Å². The Bertz CT molecular complexity index is 1040. The molecular formula is C31H42N2O6. The van der Waals surface area contributed by atoms with Crippen LogP contribution < -0.4 is 10.6 Å². The van der Waals surface area contributed by atoms with Gasteiger partial charge in [-0.1, -0.05) is 80.6 Å². The van der Waals surface area contributed by atoms with Crippen molar-refractivity contribution in [2.75, 3.05) is 27.9 Å². The summed E-state index contributed by atoms with van der Waals surface area (Å²) in [5.41, 5.74) is 1.91. The number of ether oxygens (including phenoxy) is 3. The first-order valence-electron chi connectivity index (χ1n) is 12.8. The van der Waals surface area contributed by atoms with Gasteiger partial charge in [0.25, 0.3) is 0 Å². The van der Waals surface area contributed by atoms with Crippen molar-refractivity contribution in [1.29, 1.82) is 0 Å². The quantitative estimate of drug-likeness (QED) is 0.184. The molecule has 2 amide bonds. The van der Waals surface area contributed by atoms with Crippen LogP contribution in [0.15, 0.2) is 84.6 Å². The second kappa shape index (κ2) is 19.3. The van der Waals surface area contributed by atoms with Crippen LogP contribution in [0, 0.1) is 11.8 Å². The zero-order valence-corrected chi connectivity index (χ0v) is 23.8. The summed E-state index contributed by atoms with van der Waals surface area (Å²) in [5.74, 6) is -1.01. The first-order chi connectivity index (χ1) is 18.7. The van der Waals surface area contributed by atoms with E-state index in [-0.39, 0.29) is 36.5 Å². The van der Waals surface area contributed by atoms with Crippen LogP contribution in [0.5, 0.6) is 0 Å². The molecule has 0 aliphatic rings. The number of carbonyl (C=O) groups excluding carboxylic acids is 3. The van der Waals surface area contributed by atoms with E-state index in [4.69, 9.17) is 9.47 Å². The molecule has 0 saturated carbocycles. The molecule has 0 spiro atoms. The highest BCUT2D eigenvalue weighted by Crippen LogP contribution is 2.24. The highest BCUT2D eigenvalue weighted by molar-refractivity contribution is 5.90. The number of hydrogen-bond donors (Lipinski definition) is 2. The monoisotopic (exact) mass is 538 g/mol. The van der Waals surface area contributed by atoms with Gasteiger partial charge in [0.15, 0.2) is 0 Å². The van der Waals surface area contributed by atoms with Crippen molar-refractivity contribution >= 4 is 23.9 Å². The molecule has 0 aromatic heterocycles. The number of rotatable bonds is 16. The van der Waals surface area contributed by atoms with Crippen molar-refractivity contribution in [3.8, 4) is 0 Å². The number of allylic oxidation sites excluding steroid dienone is 4. The number of benzene rings is 1. The molecule has 0 bridgehead atoms. The molecule has 0 unspecified atom stereocenters. The summed E-state index contributed by atoms with van der Waals surface area (Å²) in [5, 5.41) is 5.06. The van der Waals surface area contributed by atoms with Crippen LogP contribution in [0.1, 0.15) is 32.8 Å². The molecule has 1 rings (SSSR count). The molecular weight excluding hydrogens is 496 g/mol. The van der Waals surface area contributed by atoms with Crippen molar-refractivity contribution in [2.24, 2.45) is 11.8 Å². The molecule has 0 aliphatic heterocycles. The van der Waals surface area contributed by atoms with Crippen LogP contribution in [0.4, 0.5) is 0 Å². The van der Waals surface area contributed by atoms with Crippen LogP contribution in [-0.4, -0.2) is 57.9 Å². The summed E-state index contributed by atoms with van der Waals surface area (Å²) in [6, 6.07) is 10.1. The van der Waals surface area contributed by atoms with Gasteiger partial charge in [0.1, 0.15) is 6.54 Å². The Labute approximate surface area is 232 Å². The molecule has 0 heterocycles. The van der Waals surface area contributed by atoms with Crippen molar-refractivity contribution in [3.63, 3.8) is 0 Å². The van der Waals surface area contributed by atoms with Gasteiger partial charge in [-0.15, -0.1) is 0 Å². The Morgan fingerprint density at radius 1 is 0.923 bits per heavy atom. The minimum atomic E-state index is -0.522. The molecule has 0 saturated heterocycles. The van der Waals surface area contributed by atoms with Gasteiger partial charge in [0, 0.05) is 38.3 Å². The maximum atomic E-state index is 12.2. The first-order valence-corrected chi connectivity index (χ1v) is 12.8. The lowest BCUT2D eigenvalue weighted by molar-refractivity contribution is -0.140. The Morgan fingerprint density at radius 3 is 2.28 bits per heavy atom. The van der Waals surface area contributed by atoms with Gasteiger partial charge in [-0.05, 0) is 30.6 Å². The molecule has 39 heavy (non-hydrogen) atoms. The summed E-state index contributed by atoms with van der Waals surface area (Å²) in [6.07, 6.45) is 15.9. The largest absolute Gasteiger partial charge is 0.468 e. The zero-order valence-electron chi connectivity index (χ0n) is 23.8. The third-order valence-electron chi connectivity index (χ3n) is 5.92. The lowest BCUT2D eigenvalue weighted by Gasteiger charge is -2.30. The number of hydrogen-bond acceptors (Lipinski definition) is 6. The van der Waals surface area contributed by atoms with Crippen molar-refractivity contribution in [1.82, 2.24) is 10.6 Å². The van der Waals surface area contributed by atoms with Gasteiger partial charge in [-0.2, -0.15) is 0 Å². The number of nitrogens with one attached hydrogen (secondary N) is 2. The third-order valence-corrected chi connectivity index (χ3v) is 5.92. The number of esters is 1. The highest BCUT2D eigenvalue weighted by atomic mass is 16.5. The van der Waals surface area contributed by atoms with Crippen LogP contribution in [0.3, 0.4) is 0 Å². The Balaban J connectivity index is 2.57. The molecule has 1 aromatic rings. The maximum absolute atomic E-state index is 12.2. The molecule has 0 aliphatic carbocycles. The summed E-state index contributed by atoms with van der Waals surface area (Å²) in [4.78, 5) is 34.7. The maximum Gasteiger partial charge on any atom is 0.325 e. The zero-order chi connectivity index (χ0) is 29.0. The van der Waals surface area contributed by atoms with Crippen LogP contribution in [0.2, 0.25) is 0 Å². The SMILES string of the molecule is COC(=O)CNC(=O)/C=C\C/C=C\NC(=O)/C=C(C)/C=C/[C@@H](C)[C@H](OC)[C@H](C)[C@@H](/C=C/c1ccccc1)OC. The second-order valence-corrected chi connectivity index (χ2v) is 8.98. The van der Waals surface area contributed by atoms with Crippen molar-refractivity contribution < 1.29 is 28.6 Å². The predicted molar refractivity (Wildman–Crippen MR) is 154 cm³/mol. The minimum Gasteiger partial charge on any atom is -0.468 e. The molecule has 0 fully saturated rings. The van der Waals surface area contributed by atoms with E-state index in [1.807, 2.05) is 49.4 Å². The lowest BCUT2D eigenvalue weighted by atomic mass is 9.88. The summed E-state index contributed by atoms with van der Waals surface area (Å²) >= 11 is 0.